The molecule has 3 rings (SSSR count). The Morgan fingerprint density at radius 1 is 1.40 bits per heavy atom. The minimum Gasteiger partial charge on any atom is -0.351 e. The summed E-state index contributed by atoms with van der Waals surface area (Å²) in [6, 6.07) is 4.47. The molecule has 106 valence electrons. The Hall–Kier alpha value is -1.95. The van der Waals surface area contributed by atoms with Crippen molar-refractivity contribution in [2.75, 3.05) is 18.0 Å². The normalized spacial score (nSPS) is 18.6. The van der Waals surface area contributed by atoms with Gasteiger partial charge in [-0.15, -0.1) is 5.10 Å². The van der Waals surface area contributed by atoms with Crippen LogP contribution in [-0.4, -0.2) is 38.9 Å². The monoisotopic (exact) mass is 272 g/mol. The first-order valence-corrected chi connectivity index (χ1v) is 7.06. The summed E-state index contributed by atoms with van der Waals surface area (Å²) in [5.74, 6) is 2.04. The van der Waals surface area contributed by atoms with E-state index in [4.69, 9.17) is 0 Å². The lowest BCUT2D eigenvalue weighted by atomic mass is 10.2. The minimum absolute atomic E-state index is 0.493. The molecule has 20 heavy (non-hydrogen) atoms. The summed E-state index contributed by atoms with van der Waals surface area (Å²) in [5, 5.41) is 11.7. The molecule has 2 aromatic rings. The highest BCUT2D eigenvalue weighted by Crippen LogP contribution is 2.22. The zero-order chi connectivity index (χ0) is 13.8. The maximum absolute atomic E-state index is 4.32. The largest absolute Gasteiger partial charge is 0.351 e. The first-order valence-electron chi connectivity index (χ1n) is 7.06. The van der Waals surface area contributed by atoms with Crippen LogP contribution in [0.5, 0.6) is 0 Å². The minimum atomic E-state index is 0.493. The topological polar surface area (TPSA) is 58.9 Å². The molecule has 0 amide bonds. The predicted molar refractivity (Wildman–Crippen MR) is 77.3 cm³/mol. The molecular formula is C14H20N6. The summed E-state index contributed by atoms with van der Waals surface area (Å²) < 4.78 is 2.04. The van der Waals surface area contributed by atoms with Gasteiger partial charge in [-0.1, -0.05) is 0 Å². The lowest BCUT2D eigenvalue weighted by molar-refractivity contribution is 0.553. The smallest absolute Gasteiger partial charge is 0.151 e. The Morgan fingerprint density at radius 3 is 3.10 bits per heavy atom. The van der Waals surface area contributed by atoms with Crippen LogP contribution in [-0.2, 0) is 13.6 Å². The summed E-state index contributed by atoms with van der Waals surface area (Å²) in [5.41, 5.74) is 0. The molecule has 3 heterocycles. The van der Waals surface area contributed by atoms with E-state index in [1.54, 1.807) is 6.20 Å². The van der Waals surface area contributed by atoms with E-state index in [-0.39, 0.29) is 0 Å². The van der Waals surface area contributed by atoms with E-state index in [0.29, 0.717) is 6.04 Å². The average molecular weight is 272 g/mol. The Balaban J connectivity index is 1.56. The van der Waals surface area contributed by atoms with Gasteiger partial charge in [-0.2, -0.15) is 5.10 Å². The Morgan fingerprint density at radius 2 is 2.35 bits per heavy atom. The quantitative estimate of drug-likeness (QED) is 0.879. The van der Waals surface area contributed by atoms with Gasteiger partial charge < -0.3 is 14.8 Å². The van der Waals surface area contributed by atoms with Gasteiger partial charge in [-0.05, 0) is 25.0 Å². The van der Waals surface area contributed by atoms with Crippen molar-refractivity contribution >= 4 is 5.82 Å². The number of rotatable bonds is 5. The van der Waals surface area contributed by atoms with Crippen LogP contribution < -0.4 is 10.2 Å². The van der Waals surface area contributed by atoms with Crippen LogP contribution in [0.15, 0.2) is 30.7 Å². The van der Waals surface area contributed by atoms with Crippen molar-refractivity contribution in [3.8, 4) is 0 Å². The number of nitrogens with zero attached hydrogens (tertiary/aromatic N) is 5. The van der Waals surface area contributed by atoms with Crippen LogP contribution in [0.4, 0.5) is 5.82 Å². The van der Waals surface area contributed by atoms with Crippen molar-refractivity contribution in [2.45, 2.75) is 25.4 Å². The number of nitrogens with one attached hydrogen (secondary N) is 1. The lowest BCUT2D eigenvalue weighted by Crippen LogP contribution is -2.38. The summed E-state index contributed by atoms with van der Waals surface area (Å²) in [4.78, 5) is 6.67. The average Bonchev–Trinajstić information content (AvgIpc) is 3.10. The fourth-order valence-corrected chi connectivity index (χ4v) is 2.71. The van der Waals surface area contributed by atoms with Gasteiger partial charge in [-0.3, -0.25) is 0 Å². The predicted octanol–water partition coefficient (Wildman–Crippen LogP) is 0.969. The van der Waals surface area contributed by atoms with Gasteiger partial charge in [0.1, 0.15) is 5.82 Å². The number of aryl methyl sites for hydroxylation is 1. The second kappa shape index (κ2) is 6.00. The van der Waals surface area contributed by atoms with Gasteiger partial charge in [0.25, 0.3) is 0 Å². The molecule has 0 saturated carbocycles. The SMILES string of the molecule is Cn1ccnc1CNCC1CCCN1c1cccnn1. The van der Waals surface area contributed by atoms with Crippen LogP contribution in [0, 0.1) is 0 Å². The maximum Gasteiger partial charge on any atom is 0.151 e. The fourth-order valence-electron chi connectivity index (χ4n) is 2.71. The number of hydrogen-bond donors (Lipinski definition) is 1. The van der Waals surface area contributed by atoms with Gasteiger partial charge in [0, 0.05) is 44.8 Å². The molecule has 1 aliphatic rings. The second-order valence-electron chi connectivity index (χ2n) is 5.16. The van der Waals surface area contributed by atoms with E-state index < -0.39 is 0 Å². The molecular weight excluding hydrogens is 252 g/mol. The molecule has 1 fully saturated rings. The number of imidazole rings is 1. The molecule has 0 aromatic carbocycles. The van der Waals surface area contributed by atoms with Crippen LogP contribution in [0.1, 0.15) is 18.7 Å². The molecule has 2 aromatic heterocycles. The summed E-state index contributed by atoms with van der Waals surface area (Å²) in [7, 11) is 2.02. The molecule has 0 bridgehead atoms. The summed E-state index contributed by atoms with van der Waals surface area (Å²) in [6.45, 7) is 2.81. The molecule has 1 unspecified atom stereocenters. The highest BCUT2D eigenvalue weighted by Gasteiger charge is 2.25. The van der Waals surface area contributed by atoms with Crippen LogP contribution >= 0.6 is 0 Å². The Labute approximate surface area is 118 Å². The van der Waals surface area contributed by atoms with Crippen molar-refractivity contribution in [1.29, 1.82) is 0 Å². The van der Waals surface area contributed by atoms with Gasteiger partial charge in [0.2, 0.25) is 0 Å². The first-order chi connectivity index (χ1) is 9.84. The third-order valence-corrected chi connectivity index (χ3v) is 3.81. The van der Waals surface area contributed by atoms with E-state index in [1.807, 2.05) is 36.1 Å². The molecule has 1 saturated heterocycles. The summed E-state index contributed by atoms with van der Waals surface area (Å²) in [6.07, 6.45) is 7.93. The molecule has 1 atom stereocenters. The number of aromatic nitrogens is 4. The molecule has 0 radical (unpaired) electrons. The summed E-state index contributed by atoms with van der Waals surface area (Å²) >= 11 is 0. The van der Waals surface area contributed by atoms with Gasteiger partial charge in [0.05, 0.1) is 6.54 Å². The second-order valence-corrected chi connectivity index (χ2v) is 5.16. The van der Waals surface area contributed by atoms with Crippen molar-refractivity contribution in [3.05, 3.63) is 36.5 Å². The standard InChI is InChI=1S/C14H20N6/c1-19-9-7-16-14(19)11-15-10-12-4-3-8-20(12)13-5-2-6-17-18-13/h2,5-7,9,12,15H,3-4,8,10-11H2,1H3. The van der Waals surface area contributed by atoms with Crippen LogP contribution in [0.25, 0.3) is 0 Å². The van der Waals surface area contributed by atoms with Gasteiger partial charge in [0.15, 0.2) is 5.82 Å². The van der Waals surface area contributed by atoms with Crippen molar-refractivity contribution in [3.63, 3.8) is 0 Å². The number of hydrogen-bond acceptors (Lipinski definition) is 5. The van der Waals surface area contributed by atoms with Crippen molar-refractivity contribution in [1.82, 2.24) is 25.1 Å². The van der Waals surface area contributed by atoms with E-state index in [2.05, 4.69) is 25.4 Å². The van der Waals surface area contributed by atoms with Crippen LogP contribution in [0.3, 0.4) is 0 Å². The van der Waals surface area contributed by atoms with Gasteiger partial charge in [-0.25, -0.2) is 4.98 Å². The molecule has 0 aliphatic carbocycles. The maximum atomic E-state index is 4.32. The number of anilines is 1. The zero-order valence-corrected chi connectivity index (χ0v) is 11.7. The highest BCUT2D eigenvalue weighted by molar-refractivity contribution is 5.39. The van der Waals surface area contributed by atoms with E-state index in [1.165, 1.54) is 12.8 Å². The molecule has 1 aliphatic heterocycles. The van der Waals surface area contributed by atoms with E-state index in [0.717, 1.165) is 31.3 Å². The Bertz CT molecular complexity index is 538. The molecule has 6 heteroatoms. The third-order valence-electron chi connectivity index (χ3n) is 3.81. The van der Waals surface area contributed by atoms with Gasteiger partial charge >= 0.3 is 0 Å². The fraction of sp³-hybridized carbons (Fsp3) is 0.500. The molecule has 1 N–H and O–H groups in total. The van der Waals surface area contributed by atoms with Crippen molar-refractivity contribution in [2.24, 2.45) is 7.05 Å². The lowest BCUT2D eigenvalue weighted by Gasteiger charge is -2.25. The molecule has 0 spiro atoms. The van der Waals surface area contributed by atoms with Crippen LogP contribution in [0.2, 0.25) is 0 Å². The first kappa shape index (κ1) is 13.1. The third kappa shape index (κ3) is 2.80. The van der Waals surface area contributed by atoms with E-state index in [9.17, 15) is 0 Å². The molecule has 6 nitrogen and oxygen atoms in total. The van der Waals surface area contributed by atoms with E-state index >= 15 is 0 Å². The zero-order valence-electron chi connectivity index (χ0n) is 11.7. The highest BCUT2D eigenvalue weighted by atomic mass is 15.3. The van der Waals surface area contributed by atoms with Crippen molar-refractivity contribution < 1.29 is 0 Å². The Kier molecular flexibility index (Phi) is 3.92.